The topological polar surface area (TPSA) is 221 Å². The van der Waals surface area contributed by atoms with Crippen molar-refractivity contribution in [3.8, 4) is 0 Å². The zero-order valence-corrected chi connectivity index (χ0v) is 22.8. The van der Waals surface area contributed by atoms with Gasteiger partial charge >= 0.3 is 12.1 Å². The summed E-state index contributed by atoms with van der Waals surface area (Å²) in [7, 11) is 0. The lowest BCUT2D eigenvalue weighted by atomic mass is 10.1. The fourth-order valence-electron chi connectivity index (χ4n) is 3.48. The maximum Gasteiger partial charge on any atom is 0.425 e. The van der Waals surface area contributed by atoms with Crippen molar-refractivity contribution < 1.29 is 33.2 Å². The molecule has 0 aliphatic heterocycles. The van der Waals surface area contributed by atoms with Gasteiger partial charge in [-0.2, -0.15) is 4.90 Å². The molecule has 2 aromatic heterocycles. The fourth-order valence-corrected chi connectivity index (χ4v) is 3.48. The lowest BCUT2D eigenvalue weighted by molar-refractivity contribution is -0.152. The van der Waals surface area contributed by atoms with E-state index in [0.29, 0.717) is 39.5 Å². The molecule has 2 heterocycles. The van der Waals surface area contributed by atoms with Gasteiger partial charge in [-0.15, -0.1) is 0 Å². The number of carbonyl (C=O) groups is 4. The molecule has 6 N–H and O–H groups in total. The molecule has 3 aromatic rings. The number of amidine groups is 1. The van der Waals surface area contributed by atoms with Gasteiger partial charge in [-0.1, -0.05) is 11.2 Å². The molecule has 0 aliphatic carbocycles. The van der Waals surface area contributed by atoms with Gasteiger partial charge in [-0.25, -0.2) is 14.8 Å². The fraction of sp³-hybridized carbons (Fsp3) is 0.269. The Kier molecular flexibility index (Phi) is 10.1. The van der Waals surface area contributed by atoms with E-state index in [0.717, 1.165) is 12.6 Å². The van der Waals surface area contributed by atoms with Crippen LogP contribution in [0, 0.1) is 13.8 Å². The van der Waals surface area contributed by atoms with E-state index in [9.17, 15) is 19.2 Å². The Morgan fingerprint density at radius 3 is 2.61 bits per heavy atom. The largest absolute Gasteiger partial charge is 0.427 e. The maximum absolute atomic E-state index is 13.5. The van der Waals surface area contributed by atoms with Crippen molar-refractivity contribution in [1.29, 1.82) is 0 Å². The number of aliphatic imine (C=N–C) groups is 2. The van der Waals surface area contributed by atoms with Crippen molar-refractivity contribution in [3.63, 3.8) is 0 Å². The van der Waals surface area contributed by atoms with Gasteiger partial charge in [0.2, 0.25) is 6.79 Å². The maximum atomic E-state index is 13.5. The van der Waals surface area contributed by atoms with Crippen LogP contribution in [0.1, 0.15) is 51.4 Å². The summed E-state index contributed by atoms with van der Waals surface area (Å²) in [6, 6.07) is 4.87. The highest BCUT2D eigenvalue weighted by atomic mass is 16.7. The number of aromatic amines is 1. The highest BCUT2D eigenvalue weighted by Crippen LogP contribution is 2.25. The van der Waals surface area contributed by atoms with Gasteiger partial charge in [-0.05, 0) is 51.0 Å². The van der Waals surface area contributed by atoms with Crippen molar-refractivity contribution in [2.75, 3.05) is 18.2 Å². The van der Waals surface area contributed by atoms with Crippen molar-refractivity contribution in [3.05, 3.63) is 64.7 Å². The number of aromatic nitrogens is 2. The van der Waals surface area contributed by atoms with Crippen LogP contribution in [-0.2, 0) is 14.3 Å². The number of H-pyrrole nitrogens is 1. The van der Waals surface area contributed by atoms with E-state index in [-0.39, 0.29) is 23.1 Å². The second-order valence-corrected chi connectivity index (χ2v) is 8.56. The summed E-state index contributed by atoms with van der Waals surface area (Å²) in [5.74, 6) is -1.92. The van der Waals surface area contributed by atoms with Gasteiger partial charge < -0.3 is 35.8 Å². The van der Waals surface area contributed by atoms with Gasteiger partial charge in [0.1, 0.15) is 12.3 Å². The van der Waals surface area contributed by atoms with Gasteiger partial charge in [-0.3, -0.25) is 14.4 Å². The predicted octanol–water partition coefficient (Wildman–Crippen LogP) is 2.07. The summed E-state index contributed by atoms with van der Waals surface area (Å²) in [4.78, 5) is 62.6. The van der Waals surface area contributed by atoms with Crippen molar-refractivity contribution in [1.82, 2.24) is 15.5 Å². The first-order valence-corrected chi connectivity index (χ1v) is 12.3. The number of anilines is 1. The number of hydrogen-bond donors (Lipinski definition) is 4. The number of rotatable bonds is 9. The Morgan fingerprint density at radius 2 is 1.98 bits per heavy atom. The number of carbonyl (C=O) groups excluding carboxylic acids is 4. The van der Waals surface area contributed by atoms with Crippen LogP contribution in [-0.4, -0.2) is 65.6 Å². The van der Waals surface area contributed by atoms with Crippen molar-refractivity contribution in [2.24, 2.45) is 21.5 Å². The van der Waals surface area contributed by atoms with Crippen LogP contribution >= 0.6 is 0 Å². The molecule has 3 rings (SSSR count). The summed E-state index contributed by atoms with van der Waals surface area (Å²) in [5, 5.41) is 6.39. The van der Waals surface area contributed by atoms with E-state index < -0.39 is 30.8 Å². The summed E-state index contributed by atoms with van der Waals surface area (Å²) in [5.41, 5.74) is 13.5. The lowest BCUT2D eigenvalue weighted by Gasteiger charge is -2.18. The minimum Gasteiger partial charge on any atom is -0.427 e. The highest BCUT2D eigenvalue weighted by Gasteiger charge is 2.29. The van der Waals surface area contributed by atoms with E-state index in [1.165, 1.54) is 31.3 Å². The smallest absolute Gasteiger partial charge is 0.425 e. The van der Waals surface area contributed by atoms with Crippen LogP contribution in [0.15, 0.2) is 51.2 Å². The molecule has 0 bridgehead atoms. The molecule has 1 aromatic carbocycles. The molecular formula is C26H30N8O7. The zero-order valence-electron chi connectivity index (χ0n) is 22.8. The molecule has 0 aliphatic rings. The van der Waals surface area contributed by atoms with Gasteiger partial charge in [0.25, 0.3) is 11.8 Å². The van der Waals surface area contributed by atoms with E-state index in [4.69, 9.17) is 25.5 Å². The summed E-state index contributed by atoms with van der Waals surface area (Å²) in [6.45, 7) is 6.38. The second-order valence-electron chi connectivity index (χ2n) is 8.56. The third-order valence-corrected chi connectivity index (χ3v) is 5.62. The summed E-state index contributed by atoms with van der Waals surface area (Å²) >= 11 is 0. The first-order chi connectivity index (χ1) is 19.6. The number of nitrogens with zero attached hydrogens (tertiary/aromatic N) is 4. The first kappa shape index (κ1) is 30.2. The van der Waals surface area contributed by atoms with E-state index in [1.54, 1.807) is 19.9 Å². The Morgan fingerprint density at radius 1 is 1.22 bits per heavy atom. The van der Waals surface area contributed by atoms with Crippen molar-refractivity contribution >= 4 is 47.6 Å². The molecule has 0 spiro atoms. The number of benzene rings is 1. The molecule has 216 valence electrons. The molecule has 1 unspecified atom stereocenters. The molecule has 0 saturated carbocycles. The quantitative estimate of drug-likeness (QED) is 0.128. The van der Waals surface area contributed by atoms with Crippen LogP contribution in [0.3, 0.4) is 0 Å². The number of hydrogen-bond acceptors (Lipinski definition) is 10. The molecule has 0 fully saturated rings. The average molecular weight is 567 g/mol. The molecule has 15 heteroatoms. The van der Waals surface area contributed by atoms with E-state index >= 15 is 0 Å². The molecule has 1 atom stereocenters. The lowest BCUT2D eigenvalue weighted by Crippen LogP contribution is -2.39. The van der Waals surface area contributed by atoms with E-state index in [2.05, 4.69) is 25.4 Å². The minimum atomic E-state index is -1.18. The molecule has 0 radical (unpaired) electrons. The molecule has 0 saturated heterocycles. The number of nitrogens with two attached hydrogens (primary N) is 2. The summed E-state index contributed by atoms with van der Waals surface area (Å²) in [6.07, 6.45) is 2.57. The first-order valence-electron chi connectivity index (χ1n) is 12.3. The standard InChI is InChI=1S/C26H30N8O7/c1-5-29-23(35)18-11-30-21(15(18)3)22(31-12-27)32-19-10-17(7-6-14(19)2)24(36)34(20-8-9-41-33-20)26(38)40-13-39-25(37)16(4)28/h6-12,16,30H,5,13,28H2,1-4H3,(H,29,35)(H2,27,31,32). The average Bonchev–Trinajstić information content (AvgIpc) is 3.59. The number of nitrogens with one attached hydrogen (secondary N) is 2. The normalized spacial score (nSPS) is 12.2. The Bertz CT molecular complexity index is 1470. The third kappa shape index (κ3) is 7.21. The predicted molar refractivity (Wildman–Crippen MR) is 148 cm³/mol. The van der Waals surface area contributed by atoms with Crippen LogP contribution in [0.25, 0.3) is 0 Å². The zero-order chi connectivity index (χ0) is 30.1. The van der Waals surface area contributed by atoms with Gasteiger partial charge in [0.15, 0.2) is 11.7 Å². The summed E-state index contributed by atoms with van der Waals surface area (Å²) < 4.78 is 14.5. The number of aryl methyl sites for hydroxylation is 1. The Balaban J connectivity index is 1.96. The number of esters is 1. The van der Waals surface area contributed by atoms with Crippen LogP contribution in [0.5, 0.6) is 0 Å². The number of ether oxygens (including phenoxy) is 2. The second kappa shape index (κ2) is 13.7. The highest BCUT2D eigenvalue weighted by molar-refractivity contribution is 6.19. The Hall–Kier alpha value is -5.31. The minimum absolute atomic E-state index is 0.0316. The molecule has 3 amide bonds. The molecule has 15 nitrogen and oxygen atoms in total. The Labute approximate surface area is 234 Å². The van der Waals surface area contributed by atoms with Gasteiger partial charge in [0.05, 0.1) is 23.3 Å². The van der Waals surface area contributed by atoms with E-state index in [1.807, 2.05) is 6.92 Å². The van der Waals surface area contributed by atoms with Crippen LogP contribution in [0.4, 0.5) is 16.3 Å². The van der Waals surface area contributed by atoms with Crippen molar-refractivity contribution in [2.45, 2.75) is 33.7 Å². The molecular weight excluding hydrogens is 536 g/mol. The number of imide groups is 1. The number of amides is 3. The molecule has 41 heavy (non-hydrogen) atoms. The monoisotopic (exact) mass is 566 g/mol. The van der Waals surface area contributed by atoms with Gasteiger partial charge in [0, 0.05) is 24.4 Å². The van der Waals surface area contributed by atoms with Crippen LogP contribution < -0.4 is 21.7 Å². The SMILES string of the molecule is CCNC(=O)c1c[nH]c(C(N=CN)=Nc2cc(C(=O)N(C(=O)OCOC(=O)C(C)N)c3ccon3)ccc2C)c1C. The third-order valence-electron chi connectivity index (χ3n) is 5.62. The van der Waals surface area contributed by atoms with Crippen LogP contribution in [0.2, 0.25) is 0 Å².